The van der Waals surface area contributed by atoms with Crippen LogP contribution >= 0.6 is 0 Å². The molecule has 9 rings (SSSR count). The number of aromatic nitrogens is 5. The van der Waals surface area contributed by atoms with Crippen LogP contribution in [0.4, 0.5) is 17.1 Å². The first-order valence-electron chi connectivity index (χ1n) is 21.4. The normalized spacial score (nSPS) is 15.8. The summed E-state index contributed by atoms with van der Waals surface area (Å²) >= 11 is 0. The Morgan fingerprint density at radius 3 is 2.11 bits per heavy atom. The van der Waals surface area contributed by atoms with Crippen molar-refractivity contribution in [1.82, 2.24) is 25.0 Å². The van der Waals surface area contributed by atoms with Crippen molar-refractivity contribution < 1.29 is 24.6 Å². The fourth-order valence-electron chi connectivity index (χ4n) is 8.71. The molecule has 1 aliphatic heterocycles. The van der Waals surface area contributed by atoms with Crippen LogP contribution in [0.3, 0.4) is 0 Å². The lowest BCUT2D eigenvalue weighted by Gasteiger charge is -2.28. The summed E-state index contributed by atoms with van der Waals surface area (Å²) in [5.41, 5.74) is 5.96. The van der Waals surface area contributed by atoms with Crippen molar-refractivity contribution in [3.8, 4) is 0 Å². The Hall–Kier alpha value is -7.61. The summed E-state index contributed by atoms with van der Waals surface area (Å²) in [6.45, 7) is 2.30. The molecule has 3 atom stereocenters. The number of anilines is 3. The van der Waals surface area contributed by atoms with Gasteiger partial charge < -0.3 is 35.7 Å². The lowest BCUT2D eigenvalue weighted by Crippen LogP contribution is -2.44. The molecule has 3 aromatic heterocycles. The summed E-state index contributed by atoms with van der Waals surface area (Å²) < 4.78 is 1.71. The second-order valence-corrected chi connectivity index (χ2v) is 16.3. The SMILES string of the molecule is C[C@H](/C=C/CCn1cc(C(CO)c2ccccc2)nn1)[C@@]1(O)C(=O)N(Cc2cccc(NC(=O)Cc3c[nH]c4ccccc34)c2)c2ccc(NC(=O)Cc3c[nH]c4ccccc34)cc21. The number of aliphatic hydroxyl groups is 2. The van der Waals surface area contributed by atoms with Crippen LogP contribution in [0.15, 0.2) is 152 Å². The first-order chi connectivity index (χ1) is 31.2. The minimum Gasteiger partial charge on any atom is -0.395 e. The van der Waals surface area contributed by atoms with Crippen LogP contribution in [0.1, 0.15) is 52.8 Å². The standard InChI is InChI=1S/C51H48N8O5/c1-33(12-9-10-23-58-31-46(56-57-58)42(32-60)35-14-3-2-4-15-35)51(64)43-27-39(55-49(62)26-37-29-53-45-20-8-6-18-41(37)45)21-22-47(43)59(50(51)63)30-34-13-11-16-38(24-34)54-48(61)25-36-28-52-44-19-7-5-17-40(36)44/h2-9,11-22,24,27-29,31,33,42,52-53,60,64H,10,23,25-26,30,32H2,1H3,(H,54,61)(H,55,62)/b12-9+/t33-,42?,51+/m1/s1. The third kappa shape index (κ3) is 8.46. The number of rotatable bonds is 16. The van der Waals surface area contributed by atoms with Crippen LogP contribution in [-0.4, -0.2) is 59.5 Å². The maximum Gasteiger partial charge on any atom is 0.264 e. The number of nitrogens with one attached hydrogen (secondary N) is 4. The number of benzene rings is 5. The van der Waals surface area contributed by atoms with Gasteiger partial charge in [-0.1, -0.05) is 103 Å². The number of amides is 3. The Labute approximate surface area is 369 Å². The number of aromatic amines is 2. The van der Waals surface area contributed by atoms with Crippen molar-refractivity contribution in [2.24, 2.45) is 5.92 Å². The number of nitrogens with zero attached hydrogens (tertiary/aromatic N) is 4. The van der Waals surface area contributed by atoms with Crippen molar-refractivity contribution in [1.29, 1.82) is 0 Å². The fourth-order valence-corrected chi connectivity index (χ4v) is 8.71. The number of allylic oxidation sites excluding steroid dienone is 1. The van der Waals surface area contributed by atoms with Crippen LogP contribution < -0.4 is 15.5 Å². The van der Waals surface area contributed by atoms with Gasteiger partial charge in [0.25, 0.3) is 5.91 Å². The molecule has 4 heterocycles. The molecule has 13 heteroatoms. The number of H-pyrrole nitrogens is 2. The summed E-state index contributed by atoms with van der Waals surface area (Å²) in [4.78, 5) is 49.3. The monoisotopic (exact) mass is 852 g/mol. The van der Waals surface area contributed by atoms with Crippen molar-refractivity contribution >= 4 is 56.6 Å². The first-order valence-corrected chi connectivity index (χ1v) is 21.4. The summed E-state index contributed by atoms with van der Waals surface area (Å²) in [7, 11) is 0. The summed E-state index contributed by atoms with van der Waals surface area (Å²) in [5.74, 6) is -1.90. The minimum absolute atomic E-state index is 0.102. The van der Waals surface area contributed by atoms with Crippen molar-refractivity contribution in [2.75, 3.05) is 22.1 Å². The minimum atomic E-state index is -1.97. The van der Waals surface area contributed by atoms with E-state index >= 15 is 0 Å². The largest absolute Gasteiger partial charge is 0.395 e. The van der Waals surface area contributed by atoms with Crippen molar-refractivity contribution in [3.05, 3.63) is 186 Å². The average molecular weight is 853 g/mol. The predicted octanol–water partition coefficient (Wildman–Crippen LogP) is 7.74. The Balaban J connectivity index is 0.932. The molecule has 0 fully saturated rings. The van der Waals surface area contributed by atoms with Gasteiger partial charge in [-0.05, 0) is 71.1 Å². The van der Waals surface area contributed by atoms with E-state index in [-0.39, 0.29) is 43.7 Å². The lowest BCUT2D eigenvalue weighted by atomic mass is 9.82. The van der Waals surface area contributed by atoms with Gasteiger partial charge in [0, 0.05) is 69.8 Å². The topological polar surface area (TPSA) is 181 Å². The van der Waals surface area contributed by atoms with Gasteiger partial charge in [-0.3, -0.25) is 19.1 Å². The van der Waals surface area contributed by atoms with Crippen LogP contribution in [-0.2, 0) is 45.9 Å². The molecule has 64 heavy (non-hydrogen) atoms. The van der Waals surface area contributed by atoms with Gasteiger partial charge in [0.1, 0.15) is 0 Å². The molecule has 8 aromatic rings. The van der Waals surface area contributed by atoms with Gasteiger partial charge in [0.15, 0.2) is 5.60 Å². The molecule has 0 saturated carbocycles. The van der Waals surface area contributed by atoms with Crippen molar-refractivity contribution in [3.63, 3.8) is 0 Å². The lowest BCUT2D eigenvalue weighted by molar-refractivity contribution is -0.139. The first kappa shape index (κ1) is 41.7. The number of aryl methyl sites for hydroxylation is 1. The molecular weight excluding hydrogens is 805 g/mol. The second-order valence-electron chi connectivity index (χ2n) is 16.3. The van der Waals surface area contributed by atoms with E-state index in [2.05, 4.69) is 30.9 Å². The molecule has 0 aliphatic carbocycles. The van der Waals surface area contributed by atoms with E-state index in [4.69, 9.17) is 0 Å². The Kier molecular flexibility index (Phi) is 11.7. The molecule has 1 aliphatic rings. The maximum absolute atomic E-state index is 14.6. The summed E-state index contributed by atoms with van der Waals surface area (Å²) in [6, 6.07) is 37.8. The smallest absolute Gasteiger partial charge is 0.264 e. The summed E-state index contributed by atoms with van der Waals surface area (Å²) in [5, 5.41) is 39.3. The predicted molar refractivity (Wildman–Crippen MR) is 248 cm³/mol. The number of para-hydroxylation sites is 2. The van der Waals surface area contributed by atoms with Gasteiger partial charge in [-0.2, -0.15) is 0 Å². The molecule has 1 unspecified atom stereocenters. The van der Waals surface area contributed by atoms with E-state index in [1.807, 2.05) is 128 Å². The van der Waals surface area contributed by atoms with Crippen LogP contribution in [0.5, 0.6) is 0 Å². The van der Waals surface area contributed by atoms with E-state index < -0.39 is 17.4 Å². The third-order valence-corrected chi connectivity index (χ3v) is 12.1. The number of aliphatic hydroxyl groups excluding tert-OH is 1. The number of hydrogen-bond acceptors (Lipinski definition) is 7. The number of fused-ring (bicyclic) bond motifs is 3. The molecule has 0 spiro atoms. The van der Waals surface area contributed by atoms with Gasteiger partial charge in [-0.25, -0.2) is 0 Å². The molecule has 13 nitrogen and oxygen atoms in total. The quantitative estimate of drug-likeness (QED) is 0.0538. The van der Waals surface area contributed by atoms with Gasteiger partial charge in [0.2, 0.25) is 11.8 Å². The van der Waals surface area contributed by atoms with Crippen LogP contribution in [0.25, 0.3) is 21.8 Å². The van der Waals surface area contributed by atoms with E-state index in [9.17, 15) is 24.6 Å². The summed E-state index contributed by atoms with van der Waals surface area (Å²) in [6.07, 6.45) is 10.1. The zero-order chi connectivity index (χ0) is 44.2. The van der Waals surface area contributed by atoms with E-state index in [1.54, 1.807) is 40.8 Å². The van der Waals surface area contributed by atoms with Crippen molar-refractivity contribution in [2.45, 2.75) is 50.8 Å². The Bertz CT molecular complexity index is 3010. The van der Waals surface area contributed by atoms with Crippen LogP contribution in [0.2, 0.25) is 0 Å². The molecule has 0 radical (unpaired) electrons. The highest BCUT2D eigenvalue weighted by molar-refractivity contribution is 6.08. The third-order valence-electron chi connectivity index (χ3n) is 12.1. The molecule has 6 N–H and O–H groups in total. The average Bonchev–Trinajstić information content (AvgIpc) is 4.09. The maximum atomic E-state index is 14.6. The highest BCUT2D eigenvalue weighted by Crippen LogP contribution is 2.47. The van der Waals surface area contributed by atoms with E-state index in [0.29, 0.717) is 41.3 Å². The van der Waals surface area contributed by atoms with Gasteiger partial charge in [0.05, 0.1) is 43.3 Å². The van der Waals surface area contributed by atoms with E-state index in [0.717, 1.165) is 44.1 Å². The fraction of sp³-hybridized carbons (Fsp3) is 0.196. The zero-order valence-corrected chi connectivity index (χ0v) is 35.2. The van der Waals surface area contributed by atoms with Crippen LogP contribution in [0, 0.1) is 5.92 Å². The molecule has 5 aromatic carbocycles. The Morgan fingerprint density at radius 1 is 0.797 bits per heavy atom. The molecule has 322 valence electrons. The van der Waals surface area contributed by atoms with Gasteiger partial charge in [-0.15, -0.1) is 5.10 Å². The highest BCUT2D eigenvalue weighted by atomic mass is 16.3. The number of carbonyl (C=O) groups is 3. The molecule has 0 bridgehead atoms. The highest BCUT2D eigenvalue weighted by Gasteiger charge is 2.52. The second kappa shape index (κ2) is 18.0. The van der Waals surface area contributed by atoms with E-state index in [1.165, 1.54) is 0 Å². The molecular formula is C51H48N8O5. The molecule has 0 saturated heterocycles. The Morgan fingerprint density at radius 2 is 1.44 bits per heavy atom. The molecule has 3 amide bonds. The number of hydrogen-bond donors (Lipinski definition) is 6. The zero-order valence-electron chi connectivity index (χ0n) is 35.2. The van der Waals surface area contributed by atoms with Gasteiger partial charge >= 0.3 is 0 Å². The number of carbonyl (C=O) groups excluding carboxylic acids is 3.